The van der Waals surface area contributed by atoms with Crippen molar-refractivity contribution in [3.05, 3.63) is 0 Å². The maximum absolute atomic E-state index is 12.3. The molecule has 3 heteroatoms. The van der Waals surface area contributed by atoms with Crippen LogP contribution < -0.4 is 5.32 Å². The second-order valence-electron chi connectivity index (χ2n) is 6.00. The number of rotatable bonds is 9. The molecule has 0 aliphatic rings. The van der Waals surface area contributed by atoms with Crippen molar-refractivity contribution >= 4 is 5.91 Å². The number of amides is 1. The Bertz CT molecular complexity index is 239. The van der Waals surface area contributed by atoms with Gasteiger partial charge in [0.1, 0.15) is 6.73 Å². The normalized spacial score (nSPS) is 15.2. The van der Waals surface area contributed by atoms with E-state index in [0.717, 1.165) is 12.8 Å². The first-order chi connectivity index (χ1) is 8.38. The van der Waals surface area contributed by atoms with Crippen LogP contribution in [0.25, 0.3) is 0 Å². The summed E-state index contributed by atoms with van der Waals surface area (Å²) in [5.41, 5.74) is 0.0415. The van der Waals surface area contributed by atoms with Crippen molar-refractivity contribution in [1.82, 2.24) is 5.32 Å². The Labute approximate surface area is 113 Å². The SMILES string of the molecule is CCCC(C)CC(C(=O)NCOC)C(C)(C)CC. The molecule has 0 heterocycles. The van der Waals surface area contributed by atoms with Gasteiger partial charge in [0.05, 0.1) is 0 Å². The van der Waals surface area contributed by atoms with Crippen molar-refractivity contribution < 1.29 is 9.53 Å². The first kappa shape index (κ1) is 17.4. The number of hydrogen-bond donors (Lipinski definition) is 1. The first-order valence-electron chi connectivity index (χ1n) is 7.15. The number of methoxy groups -OCH3 is 1. The van der Waals surface area contributed by atoms with E-state index >= 15 is 0 Å². The molecule has 0 aliphatic carbocycles. The van der Waals surface area contributed by atoms with E-state index in [2.05, 4.69) is 39.9 Å². The molecule has 0 fully saturated rings. The third-order valence-electron chi connectivity index (χ3n) is 3.98. The van der Waals surface area contributed by atoms with Crippen molar-refractivity contribution in [2.45, 2.75) is 60.3 Å². The lowest BCUT2D eigenvalue weighted by Crippen LogP contribution is -2.40. The lowest BCUT2D eigenvalue weighted by Gasteiger charge is -2.34. The zero-order valence-corrected chi connectivity index (χ0v) is 13.0. The Morgan fingerprint density at radius 2 is 1.94 bits per heavy atom. The third kappa shape index (κ3) is 5.85. The van der Waals surface area contributed by atoms with Gasteiger partial charge in [-0.05, 0) is 17.8 Å². The van der Waals surface area contributed by atoms with Gasteiger partial charge in [-0.25, -0.2) is 0 Å². The predicted octanol–water partition coefficient (Wildman–Crippen LogP) is 3.59. The minimum absolute atomic E-state index is 0.0415. The fourth-order valence-electron chi connectivity index (χ4n) is 2.31. The highest BCUT2D eigenvalue weighted by Crippen LogP contribution is 2.36. The van der Waals surface area contributed by atoms with Gasteiger partial charge in [-0.2, -0.15) is 0 Å². The summed E-state index contributed by atoms with van der Waals surface area (Å²) in [4.78, 5) is 12.3. The maximum atomic E-state index is 12.3. The highest BCUT2D eigenvalue weighted by atomic mass is 16.5. The second kappa shape index (κ2) is 8.52. The number of carbonyl (C=O) groups excluding carboxylic acids is 1. The highest BCUT2D eigenvalue weighted by molar-refractivity contribution is 5.79. The molecule has 0 bridgehead atoms. The van der Waals surface area contributed by atoms with Gasteiger partial charge in [0.2, 0.25) is 5.91 Å². The van der Waals surface area contributed by atoms with Gasteiger partial charge in [-0.1, -0.05) is 53.9 Å². The number of ether oxygens (including phenoxy) is 1. The lowest BCUT2D eigenvalue weighted by atomic mass is 9.72. The summed E-state index contributed by atoms with van der Waals surface area (Å²) in [5, 5.41) is 2.86. The van der Waals surface area contributed by atoms with Crippen molar-refractivity contribution in [3.8, 4) is 0 Å². The summed E-state index contributed by atoms with van der Waals surface area (Å²) in [6.45, 7) is 11.3. The molecule has 0 aromatic rings. The molecule has 2 unspecified atom stereocenters. The van der Waals surface area contributed by atoms with E-state index in [-0.39, 0.29) is 17.2 Å². The molecule has 0 saturated carbocycles. The molecule has 1 amide bonds. The summed E-state index contributed by atoms with van der Waals surface area (Å²) in [5.74, 6) is 0.796. The van der Waals surface area contributed by atoms with Crippen LogP contribution in [0.15, 0.2) is 0 Å². The van der Waals surface area contributed by atoms with Crippen LogP contribution in [0.2, 0.25) is 0 Å². The molecule has 0 aromatic carbocycles. The average molecular weight is 257 g/mol. The third-order valence-corrected chi connectivity index (χ3v) is 3.98. The summed E-state index contributed by atoms with van der Waals surface area (Å²) in [6.07, 6.45) is 4.34. The molecule has 0 aromatic heterocycles. The molecule has 2 atom stereocenters. The average Bonchev–Trinajstić information content (AvgIpc) is 2.33. The molecule has 0 aliphatic heterocycles. The quantitative estimate of drug-likeness (QED) is 0.641. The van der Waals surface area contributed by atoms with E-state index in [1.807, 2.05) is 0 Å². The molecule has 0 spiro atoms. The molecule has 0 saturated heterocycles. The molecule has 0 rings (SSSR count). The van der Waals surface area contributed by atoms with E-state index in [1.165, 1.54) is 12.8 Å². The van der Waals surface area contributed by atoms with Crippen molar-refractivity contribution in [1.29, 1.82) is 0 Å². The van der Waals surface area contributed by atoms with Gasteiger partial charge >= 0.3 is 0 Å². The van der Waals surface area contributed by atoms with Crippen molar-refractivity contribution in [2.24, 2.45) is 17.3 Å². The van der Waals surface area contributed by atoms with E-state index < -0.39 is 0 Å². The molecule has 3 nitrogen and oxygen atoms in total. The minimum atomic E-state index is 0.0415. The van der Waals surface area contributed by atoms with Crippen LogP contribution in [-0.4, -0.2) is 19.7 Å². The van der Waals surface area contributed by atoms with Gasteiger partial charge in [-0.3, -0.25) is 4.79 Å². The van der Waals surface area contributed by atoms with Gasteiger partial charge in [0.25, 0.3) is 0 Å². The molecular formula is C15H31NO2. The molecule has 108 valence electrons. The molecule has 18 heavy (non-hydrogen) atoms. The number of nitrogens with one attached hydrogen (secondary N) is 1. The smallest absolute Gasteiger partial charge is 0.225 e. The van der Waals surface area contributed by atoms with Crippen molar-refractivity contribution in [3.63, 3.8) is 0 Å². The zero-order chi connectivity index (χ0) is 14.2. The number of carbonyl (C=O) groups is 1. The van der Waals surface area contributed by atoms with Crippen LogP contribution in [-0.2, 0) is 9.53 Å². The monoisotopic (exact) mass is 257 g/mol. The minimum Gasteiger partial charge on any atom is -0.364 e. The standard InChI is InChI=1S/C15H31NO2/c1-7-9-12(3)10-13(15(4,5)8-2)14(17)16-11-18-6/h12-13H,7-11H2,1-6H3,(H,16,17). The molecular weight excluding hydrogens is 226 g/mol. The Hall–Kier alpha value is -0.570. The van der Waals surface area contributed by atoms with E-state index in [0.29, 0.717) is 12.6 Å². The summed E-state index contributed by atoms with van der Waals surface area (Å²) < 4.78 is 4.93. The zero-order valence-electron chi connectivity index (χ0n) is 13.0. The van der Waals surface area contributed by atoms with Crippen LogP contribution in [0.5, 0.6) is 0 Å². The lowest BCUT2D eigenvalue weighted by molar-refractivity contribution is -0.131. The summed E-state index contributed by atoms with van der Waals surface area (Å²) in [7, 11) is 1.60. The second-order valence-corrected chi connectivity index (χ2v) is 6.00. The Balaban J connectivity index is 4.67. The van der Waals surface area contributed by atoms with E-state index in [4.69, 9.17) is 4.74 Å². The van der Waals surface area contributed by atoms with Gasteiger partial charge in [0.15, 0.2) is 0 Å². The van der Waals surface area contributed by atoms with Crippen LogP contribution in [0, 0.1) is 17.3 Å². The topological polar surface area (TPSA) is 38.3 Å². The van der Waals surface area contributed by atoms with Crippen molar-refractivity contribution in [2.75, 3.05) is 13.8 Å². The molecule has 1 N–H and O–H groups in total. The first-order valence-corrected chi connectivity index (χ1v) is 7.15. The van der Waals surface area contributed by atoms with Crippen LogP contribution in [0.3, 0.4) is 0 Å². The largest absolute Gasteiger partial charge is 0.364 e. The van der Waals surface area contributed by atoms with Gasteiger partial charge in [0, 0.05) is 13.0 Å². The predicted molar refractivity (Wildman–Crippen MR) is 76.3 cm³/mol. The Kier molecular flexibility index (Phi) is 8.25. The fourth-order valence-corrected chi connectivity index (χ4v) is 2.31. The van der Waals surface area contributed by atoms with E-state index in [1.54, 1.807) is 7.11 Å². The van der Waals surface area contributed by atoms with Crippen LogP contribution in [0.1, 0.15) is 60.3 Å². The Morgan fingerprint density at radius 1 is 1.33 bits per heavy atom. The summed E-state index contributed by atoms with van der Waals surface area (Å²) in [6, 6.07) is 0. The van der Waals surface area contributed by atoms with Gasteiger partial charge in [-0.15, -0.1) is 0 Å². The Morgan fingerprint density at radius 3 is 2.39 bits per heavy atom. The van der Waals surface area contributed by atoms with Gasteiger partial charge < -0.3 is 10.1 Å². The van der Waals surface area contributed by atoms with Crippen LogP contribution >= 0.6 is 0 Å². The summed E-state index contributed by atoms with van der Waals surface area (Å²) >= 11 is 0. The number of hydrogen-bond acceptors (Lipinski definition) is 2. The van der Waals surface area contributed by atoms with Crippen LogP contribution in [0.4, 0.5) is 0 Å². The van der Waals surface area contributed by atoms with E-state index in [9.17, 15) is 4.79 Å². The highest BCUT2D eigenvalue weighted by Gasteiger charge is 2.34. The molecule has 0 radical (unpaired) electrons. The fraction of sp³-hybridized carbons (Fsp3) is 0.933. The maximum Gasteiger partial charge on any atom is 0.225 e.